The van der Waals surface area contributed by atoms with E-state index in [9.17, 15) is 13.2 Å². The maximum absolute atomic E-state index is 12.3. The van der Waals surface area contributed by atoms with Crippen molar-refractivity contribution in [2.75, 3.05) is 27.2 Å². The summed E-state index contributed by atoms with van der Waals surface area (Å²) in [4.78, 5) is 12.5. The Morgan fingerprint density at radius 1 is 1.07 bits per heavy atom. The molecule has 0 unspecified atom stereocenters. The smallest absolute Gasteiger partial charge is 0.261 e. The molecule has 0 heterocycles. The Morgan fingerprint density at radius 3 is 2.21 bits per heavy atom. The number of carbonyl (C=O) groups excluding carboxylic acids is 1. The zero-order valence-corrected chi connectivity index (χ0v) is 18.2. The molecule has 0 aromatic heterocycles. The molecule has 0 aliphatic rings. The molecule has 1 atom stereocenters. The summed E-state index contributed by atoms with van der Waals surface area (Å²) in [5, 5.41) is 3.37. The van der Waals surface area contributed by atoms with Crippen molar-refractivity contribution in [2.24, 2.45) is 0 Å². The molecule has 0 aliphatic heterocycles. The minimum absolute atomic E-state index is 0.188. The molecule has 2 rings (SSSR count). The lowest BCUT2D eigenvalue weighted by molar-refractivity contribution is -0.128. The molecule has 0 saturated heterocycles. The third-order valence-corrected chi connectivity index (χ3v) is 6.11. The molecule has 9 heteroatoms. The van der Waals surface area contributed by atoms with Crippen molar-refractivity contribution in [1.82, 2.24) is 9.62 Å². The standard InChI is InChI=1S/C20H25ClN2O5S/c1-4-19(28-17-7-5-15(21)6-8-17)20(24)22-13-14-27-16-9-11-18(12-10-16)29(25,26)23(2)3/h5-12,19H,4,13-14H2,1-3H3,(H,22,24)/t19-/m1/s1. The molecule has 29 heavy (non-hydrogen) atoms. The Hall–Kier alpha value is -2.29. The first-order chi connectivity index (χ1) is 13.7. The lowest BCUT2D eigenvalue weighted by atomic mass is 10.2. The number of carbonyl (C=O) groups is 1. The molecular weight excluding hydrogens is 416 g/mol. The monoisotopic (exact) mass is 440 g/mol. The molecule has 0 aliphatic carbocycles. The molecular formula is C20H25ClN2O5S. The van der Waals surface area contributed by atoms with Gasteiger partial charge in [-0.25, -0.2) is 12.7 Å². The van der Waals surface area contributed by atoms with Crippen molar-refractivity contribution in [1.29, 1.82) is 0 Å². The number of benzene rings is 2. The van der Waals surface area contributed by atoms with E-state index >= 15 is 0 Å². The van der Waals surface area contributed by atoms with Gasteiger partial charge >= 0.3 is 0 Å². The highest BCUT2D eigenvalue weighted by molar-refractivity contribution is 7.89. The fraction of sp³-hybridized carbons (Fsp3) is 0.350. The van der Waals surface area contributed by atoms with Gasteiger partial charge in [0.05, 0.1) is 11.4 Å². The van der Waals surface area contributed by atoms with Gasteiger partial charge in [0.25, 0.3) is 5.91 Å². The second-order valence-corrected chi connectivity index (χ2v) is 8.96. The van der Waals surface area contributed by atoms with Gasteiger partial charge in [-0.2, -0.15) is 0 Å². The van der Waals surface area contributed by atoms with E-state index in [2.05, 4.69) is 5.32 Å². The Labute approximate surface area is 176 Å². The highest BCUT2D eigenvalue weighted by atomic mass is 35.5. The molecule has 1 N–H and O–H groups in total. The van der Waals surface area contributed by atoms with Crippen LogP contribution >= 0.6 is 11.6 Å². The number of nitrogens with zero attached hydrogens (tertiary/aromatic N) is 1. The van der Waals surface area contributed by atoms with Crippen molar-refractivity contribution < 1.29 is 22.7 Å². The number of hydrogen-bond acceptors (Lipinski definition) is 5. The van der Waals surface area contributed by atoms with E-state index in [1.165, 1.54) is 26.2 Å². The Bertz CT molecular complexity index is 899. The summed E-state index contributed by atoms with van der Waals surface area (Å²) in [6, 6.07) is 12.9. The fourth-order valence-electron chi connectivity index (χ4n) is 2.38. The molecule has 0 spiro atoms. The largest absolute Gasteiger partial charge is 0.492 e. The summed E-state index contributed by atoms with van der Waals surface area (Å²) in [6.45, 7) is 2.39. The van der Waals surface area contributed by atoms with Gasteiger partial charge in [0.1, 0.15) is 18.1 Å². The molecule has 0 radical (unpaired) electrons. The van der Waals surface area contributed by atoms with E-state index in [-0.39, 0.29) is 24.0 Å². The summed E-state index contributed by atoms with van der Waals surface area (Å²) in [7, 11) is -0.522. The third kappa shape index (κ3) is 6.62. The maximum Gasteiger partial charge on any atom is 0.261 e. The number of halogens is 1. The van der Waals surface area contributed by atoms with E-state index in [0.29, 0.717) is 22.9 Å². The molecule has 7 nitrogen and oxygen atoms in total. The minimum Gasteiger partial charge on any atom is -0.492 e. The van der Waals surface area contributed by atoms with Gasteiger partial charge in [-0.05, 0) is 55.0 Å². The SMILES string of the molecule is CC[C@@H](Oc1ccc(Cl)cc1)C(=O)NCCOc1ccc(S(=O)(=O)N(C)C)cc1. The van der Waals surface area contributed by atoms with Crippen LogP contribution in [0.5, 0.6) is 11.5 Å². The van der Waals surface area contributed by atoms with Crippen LogP contribution < -0.4 is 14.8 Å². The van der Waals surface area contributed by atoms with Gasteiger partial charge < -0.3 is 14.8 Å². The average Bonchev–Trinajstić information content (AvgIpc) is 2.70. The molecule has 1 amide bonds. The topological polar surface area (TPSA) is 84.9 Å². The van der Waals surface area contributed by atoms with Gasteiger partial charge in [-0.1, -0.05) is 18.5 Å². The normalized spacial score (nSPS) is 12.4. The predicted octanol–water partition coefficient (Wildman–Crippen LogP) is 2.94. The van der Waals surface area contributed by atoms with Gasteiger partial charge in [-0.15, -0.1) is 0 Å². The van der Waals surface area contributed by atoms with E-state index < -0.39 is 16.1 Å². The minimum atomic E-state index is -3.47. The Morgan fingerprint density at radius 2 is 1.66 bits per heavy atom. The van der Waals surface area contributed by atoms with Crippen LogP contribution in [0.25, 0.3) is 0 Å². The van der Waals surface area contributed by atoms with Crippen LogP contribution in [0.1, 0.15) is 13.3 Å². The van der Waals surface area contributed by atoms with Crippen molar-refractivity contribution in [3.8, 4) is 11.5 Å². The van der Waals surface area contributed by atoms with Crippen molar-refractivity contribution in [3.63, 3.8) is 0 Å². The van der Waals surface area contributed by atoms with Crippen LogP contribution in [0.2, 0.25) is 5.02 Å². The number of ether oxygens (including phenoxy) is 2. The first-order valence-electron chi connectivity index (χ1n) is 9.09. The summed E-state index contributed by atoms with van der Waals surface area (Å²) < 4.78 is 36.5. The van der Waals surface area contributed by atoms with Crippen LogP contribution in [-0.4, -0.2) is 52.0 Å². The van der Waals surface area contributed by atoms with Gasteiger partial charge in [-0.3, -0.25) is 4.79 Å². The quantitative estimate of drug-likeness (QED) is 0.574. The first-order valence-corrected chi connectivity index (χ1v) is 10.9. The zero-order valence-electron chi connectivity index (χ0n) is 16.6. The van der Waals surface area contributed by atoms with Crippen LogP contribution in [0.15, 0.2) is 53.4 Å². The summed E-state index contributed by atoms with van der Waals surface area (Å²) in [5.41, 5.74) is 0. The van der Waals surface area contributed by atoms with Crippen LogP contribution in [0.4, 0.5) is 0 Å². The van der Waals surface area contributed by atoms with E-state index in [0.717, 1.165) is 4.31 Å². The second-order valence-electron chi connectivity index (χ2n) is 6.37. The fourth-order valence-corrected chi connectivity index (χ4v) is 3.40. The average molecular weight is 441 g/mol. The summed E-state index contributed by atoms with van der Waals surface area (Å²) in [6.07, 6.45) is -0.108. The van der Waals surface area contributed by atoms with Crippen LogP contribution in [-0.2, 0) is 14.8 Å². The zero-order chi connectivity index (χ0) is 21.4. The number of hydrogen-bond donors (Lipinski definition) is 1. The Kier molecular flexibility index (Phi) is 8.31. The number of nitrogens with one attached hydrogen (secondary N) is 1. The van der Waals surface area contributed by atoms with Crippen molar-refractivity contribution >= 4 is 27.5 Å². The Balaban J connectivity index is 1.80. The van der Waals surface area contributed by atoms with E-state index in [1.807, 2.05) is 6.92 Å². The van der Waals surface area contributed by atoms with E-state index in [1.54, 1.807) is 36.4 Å². The highest BCUT2D eigenvalue weighted by Gasteiger charge is 2.18. The summed E-state index contributed by atoms with van der Waals surface area (Å²) in [5.74, 6) is 0.848. The van der Waals surface area contributed by atoms with Crippen LogP contribution in [0, 0.1) is 0 Å². The van der Waals surface area contributed by atoms with Crippen LogP contribution in [0.3, 0.4) is 0 Å². The molecule has 0 bridgehead atoms. The number of amides is 1. The molecule has 0 fully saturated rings. The molecule has 2 aromatic carbocycles. The third-order valence-electron chi connectivity index (χ3n) is 4.03. The highest BCUT2D eigenvalue weighted by Crippen LogP contribution is 2.19. The van der Waals surface area contributed by atoms with Gasteiger partial charge in [0.15, 0.2) is 6.10 Å². The maximum atomic E-state index is 12.3. The van der Waals surface area contributed by atoms with Gasteiger partial charge in [0.2, 0.25) is 10.0 Å². The van der Waals surface area contributed by atoms with Crippen molar-refractivity contribution in [3.05, 3.63) is 53.6 Å². The lowest BCUT2D eigenvalue weighted by Gasteiger charge is -2.17. The molecule has 0 saturated carbocycles. The molecule has 158 valence electrons. The number of sulfonamides is 1. The van der Waals surface area contributed by atoms with Gasteiger partial charge in [0, 0.05) is 19.1 Å². The predicted molar refractivity (Wildman–Crippen MR) is 112 cm³/mol. The molecule has 2 aromatic rings. The second kappa shape index (κ2) is 10.5. The number of rotatable bonds is 10. The van der Waals surface area contributed by atoms with E-state index in [4.69, 9.17) is 21.1 Å². The summed E-state index contributed by atoms with van der Waals surface area (Å²) >= 11 is 5.84. The van der Waals surface area contributed by atoms with Crippen molar-refractivity contribution in [2.45, 2.75) is 24.3 Å². The first kappa shape index (κ1) is 23.0. The lowest BCUT2D eigenvalue weighted by Crippen LogP contribution is -2.39.